The average molecular weight is 447 g/mol. The van der Waals surface area contributed by atoms with Crippen molar-refractivity contribution in [2.75, 3.05) is 24.6 Å². The molecule has 166 valence electrons. The second-order valence-electron chi connectivity index (χ2n) is 6.80. The second kappa shape index (κ2) is 11.7. The van der Waals surface area contributed by atoms with E-state index in [1.54, 1.807) is 0 Å². The Balaban J connectivity index is 1.69. The van der Waals surface area contributed by atoms with Gasteiger partial charge in [0.05, 0.1) is 0 Å². The molecule has 10 nitrogen and oxygen atoms in total. The largest absolute Gasteiger partial charge is 0.382 e. The van der Waals surface area contributed by atoms with Crippen molar-refractivity contribution < 1.29 is 9.59 Å². The number of guanidine groups is 1. The quantitative estimate of drug-likeness (QED) is 0.193. The Hall–Kier alpha value is -3.40. The maximum Gasteiger partial charge on any atom is 0.280 e. The van der Waals surface area contributed by atoms with E-state index in [2.05, 4.69) is 25.9 Å². The van der Waals surface area contributed by atoms with Gasteiger partial charge in [0.15, 0.2) is 28.4 Å². The lowest BCUT2D eigenvalue weighted by Gasteiger charge is -2.10. The normalized spacial score (nSPS) is 10.4. The standard InChI is InChI=1S/C20H27ClN8O2/c1-2-10-25-18(30)13-8-6-12(7-9-13)5-3-4-11-26-20(24)29-19(31)14-16(22)28-17(23)15(21)27-14/h6-9H,2-5,10-11H2,1H3,(H,25,30)(H4,22,23,28)(H3,24,26,29,31). The first-order chi connectivity index (χ1) is 14.8. The van der Waals surface area contributed by atoms with Crippen molar-refractivity contribution in [2.45, 2.75) is 32.6 Å². The number of halogens is 1. The van der Waals surface area contributed by atoms with Crippen molar-refractivity contribution in [1.82, 2.24) is 25.9 Å². The van der Waals surface area contributed by atoms with Crippen LogP contribution in [0.3, 0.4) is 0 Å². The Labute approximate surface area is 185 Å². The number of benzene rings is 1. The SMILES string of the molecule is CCCNC(=O)c1ccc(CCCCNC(=N)NC(=O)c2nc(Cl)c(N)nc2N)cc1. The van der Waals surface area contributed by atoms with Crippen molar-refractivity contribution in [1.29, 1.82) is 5.41 Å². The predicted octanol–water partition coefficient (Wildman–Crippen LogP) is 1.71. The van der Waals surface area contributed by atoms with Gasteiger partial charge in [-0.25, -0.2) is 9.97 Å². The highest BCUT2D eigenvalue weighted by atomic mass is 35.5. The van der Waals surface area contributed by atoms with Gasteiger partial charge >= 0.3 is 0 Å². The molecule has 2 aromatic rings. The highest BCUT2D eigenvalue weighted by Gasteiger charge is 2.16. The fourth-order valence-electron chi connectivity index (χ4n) is 2.66. The van der Waals surface area contributed by atoms with Crippen molar-refractivity contribution in [3.8, 4) is 0 Å². The smallest absolute Gasteiger partial charge is 0.280 e. The van der Waals surface area contributed by atoms with E-state index in [0.29, 0.717) is 18.7 Å². The molecule has 2 amide bonds. The third-order valence-electron chi connectivity index (χ3n) is 4.30. The molecular weight excluding hydrogens is 420 g/mol. The van der Waals surface area contributed by atoms with Crippen LogP contribution >= 0.6 is 11.6 Å². The monoisotopic (exact) mass is 446 g/mol. The van der Waals surface area contributed by atoms with Gasteiger partial charge in [-0.3, -0.25) is 20.3 Å². The molecule has 0 saturated heterocycles. The Morgan fingerprint density at radius 1 is 1.00 bits per heavy atom. The van der Waals surface area contributed by atoms with Crippen LogP contribution in [-0.2, 0) is 6.42 Å². The van der Waals surface area contributed by atoms with Crippen LogP contribution in [0.25, 0.3) is 0 Å². The van der Waals surface area contributed by atoms with Crippen LogP contribution in [0.4, 0.5) is 11.6 Å². The number of aromatic nitrogens is 2. The molecule has 0 aliphatic heterocycles. The summed E-state index contributed by atoms with van der Waals surface area (Å²) in [4.78, 5) is 31.6. The highest BCUT2D eigenvalue weighted by Crippen LogP contribution is 2.17. The molecule has 0 spiro atoms. The summed E-state index contributed by atoms with van der Waals surface area (Å²) in [6.45, 7) is 3.17. The number of carbonyl (C=O) groups excluding carboxylic acids is 2. The van der Waals surface area contributed by atoms with Crippen molar-refractivity contribution in [3.05, 3.63) is 46.2 Å². The van der Waals surface area contributed by atoms with Crippen molar-refractivity contribution in [2.24, 2.45) is 0 Å². The molecule has 0 radical (unpaired) electrons. The number of rotatable bonds is 9. The van der Waals surface area contributed by atoms with E-state index >= 15 is 0 Å². The second-order valence-corrected chi connectivity index (χ2v) is 7.16. The first kappa shape index (κ1) is 23.9. The number of nitrogens with one attached hydrogen (secondary N) is 4. The zero-order chi connectivity index (χ0) is 22.8. The minimum atomic E-state index is -0.701. The number of carbonyl (C=O) groups is 2. The fraction of sp³-hybridized carbons (Fsp3) is 0.350. The number of hydrogen-bond acceptors (Lipinski definition) is 7. The molecule has 8 N–H and O–H groups in total. The third-order valence-corrected chi connectivity index (χ3v) is 4.58. The van der Waals surface area contributed by atoms with Gasteiger partial charge in [-0.05, 0) is 43.4 Å². The van der Waals surface area contributed by atoms with Crippen molar-refractivity contribution in [3.63, 3.8) is 0 Å². The van der Waals surface area contributed by atoms with E-state index in [1.807, 2.05) is 31.2 Å². The van der Waals surface area contributed by atoms with Gasteiger partial charge in [0.2, 0.25) is 0 Å². The van der Waals surface area contributed by atoms with Crippen molar-refractivity contribution >= 4 is 41.0 Å². The summed E-state index contributed by atoms with van der Waals surface area (Å²) in [6.07, 6.45) is 3.40. The number of hydrogen-bond donors (Lipinski definition) is 6. The Kier molecular flexibility index (Phi) is 9.01. The van der Waals surface area contributed by atoms with Gasteiger partial charge in [-0.1, -0.05) is 30.7 Å². The molecule has 0 unspecified atom stereocenters. The maximum atomic E-state index is 12.1. The number of amides is 2. The number of aryl methyl sites for hydroxylation is 1. The van der Waals surface area contributed by atoms with Gasteiger partial charge in [0, 0.05) is 18.7 Å². The van der Waals surface area contributed by atoms with Crippen LogP contribution in [0.15, 0.2) is 24.3 Å². The van der Waals surface area contributed by atoms with E-state index in [-0.39, 0.29) is 34.3 Å². The molecule has 2 rings (SSSR count). The van der Waals surface area contributed by atoms with Crippen LogP contribution in [0.1, 0.15) is 52.6 Å². The number of anilines is 2. The zero-order valence-electron chi connectivity index (χ0n) is 17.3. The third kappa shape index (κ3) is 7.41. The lowest BCUT2D eigenvalue weighted by molar-refractivity contribution is 0.0950. The molecule has 0 bridgehead atoms. The molecule has 0 atom stereocenters. The zero-order valence-corrected chi connectivity index (χ0v) is 18.1. The lowest BCUT2D eigenvalue weighted by Crippen LogP contribution is -2.41. The van der Waals surface area contributed by atoms with Gasteiger partial charge in [-0.2, -0.15) is 0 Å². The molecule has 31 heavy (non-hydrogen) atoms. The van der Waals surface area contributed by atoms with Crippen LogP contribution in [0.5, 0.6) is 0 Å². The highest BCUT2D eigenvalue weighted by molar-refractivity contribution is 6.31. The van der Waals surface area contributed by atoms with Crippen LogP contribution in [0, 0.1) is 5.41 Å². The first-order valence-electron chi connectivity index (χ1n) is 9.91. The number of nitrogens with two attached hydrogens (primary N) is 2. The topological polar surface area (TPSA) is 172 Å². The van der Waals surface area contributed by atoms with Gasteiger partial charge in [0.1, 0.15) is 0 Å². The van der Waals surface area contributed by atoms with Gasteiger partial charge in [-0.15, -0.1) is 0 Å². The van der Waals surface area contributed by atoms with Gasteiger partial charge in [0.25, 0.3) is 11.8 Å². The molecule has 0 aliphatic carbocycles. The lowest BCUT2D eigenvalue weighted by atomic mass is 10.1. The molecule has 1 aromatic heterocycles. The Morgan fingerprint density at radius 3 is 2.39 bits per heavy atom. The summed E-state index contributed by atoms with van der Waals surface area (Å²) in [5.41, 5.74) is 12.7. The molecule has 1 heterocycles. The number of nitrogens with zero attached hydrogens (tertiary/aromatic N) is 2. The molecule has 0 fully saturated rings. The van der Waals surface area contributed by atoms with E-state index in [4.69, 9.17) is 28.5 Å². The van der Waals surface area contributed by atoms with E-state index in [9.17, 15) is 9.59 Å². The predicted molar refractivity (Wildman–Crippen MR) is 121 cm³/mol. The Morgan fingerprint density at radius 2 is 1.71 bits per heavy atom. The molecule has 11 heteroatoms. The summed E-state index contributed by atoms with van der Waals surface area (Å²) in [5.74, 6) is -1.18. The average Bonchev–Trinajstić information content (AvgIpc) is 2.74. The summed E-state index contributed by atoms with van der Waals surface area (Å²) >= 11 is 5.76. The summed E-state index contributed by atoms with van der Waals surface area (Å²) in [7, 11) is 0. The number of nitrogen functional groups attached to an aromatic ring is 2. The van der Waals surface area contributed by atoms with E-state index < -0.39 is 5.91 Å². The van der Waals surface area contributed by atoms with Gasteiger partial charge < -0.3 is 22.1 Å². The molecule has 0 aliphatic rings. The van der Waals surface area contributed by atoms with Crippen LogP contribution in [0.2, 0.25) is 5.15 Å². The summed E-state index contributed by atoms with van der Waals surface area (Å²) in [5, 5.41) is 15.7. The first-order valence-corrected chi connectivity index (χ1v) is 10.3. The minimum absolute atomic E-state index is 0.0628. The fourth-order valence-corrected chi connectivity index (χ4v) is 2.78. The maximum absolute atomic E-state index is 12.1. The van der Waals surface area contributed by atoms with Crippen LogP contribution in [-0.4, -0.2) is 40.8 Å². The molecule has 1 aromatic carbocycles. The summed E-state index contributed by atoms with van der Waals surface area (Å²) in [6, 6.07) is 7.53. The minimum Gasteiger partial charge on any atom is -0.382 e. The molecule has 0 saturated carbocycles. The van der Waals surface area contributed by atoms with Crippen LogP contribution < -0.4 is 27.4 Å². The van der Waals surface area contributed by atoms with E-state index in [1.165, 1.54) is 0 Å². The number of unbranched alkanes of at least 4 members (excludes halogenated alkanes) is 1. The Bertz CT molecular complexity index is 934. The summed E-state index contributed by atoms with van der Waals surface area (Å²) < 4.78 is 0. The molecular formula is C20H27ClN8O2. The van der Waals surface area contributed by atoms with E-state index in [0.717, 1.165) is 31.2 Å².